The molecule has 0 saturated carbocycles. The summed E-state index contributed by atoms with van der Waals surface area (Å²) in [6, 6.07) is 7.11. The topological polar surface area (TPSA) is 38.7 Å². The van der Waals surface area contributed by atoms with Crippen LogP contribution >= 0.6 is 102 Å². The van der Waals surface area contributed by atoms with Crippen LogP contribution in [0, 0.1) is 0 Å². The van der Waals surface area contributed by atoms with Gasteiger partial charge in [0.05, 0.1) is 17.9 Å². The predicted molar refractivity (Wildman–Crippen MR) is 117 cm³/mol. The molecule has 0 fully saturated rings. The fraction of sp³-hybridized carbons (Fsp3) is 0. The molecule has 0 atom stereocenters. The Labute approximate surface area is 188 Å². The van der Waals surface area contributed by atoms with Crippen LogP contribution in [0.15, 0.2) is 51.1 Å². The smallest absolute Gasteiger partial charge is 0.413 e. The van der Waals surface area contributed by atoms with Gasteiger partial charge in [-0.25, -0.2) is 0 Å². The number of hydrogen-bond acceptors (Lipinski definition) is 3. The Bertz CT molecular complexity index is 706. The number of halogens is 6. The Balaban J connectivity index is 2.33. The van der Waals surface area contributed by atoms with Crippen molar-refractivity contribution in [3.05, 3.63) is 51.1 Å². The van der Waals surface area contributed by atoms with Crippen LogP contribution in [0.5, 0.6) is 11.5 Å². The molecule has 0 bridgehead atoms. The van der Waals surface area contributed by atoms with E-state index in [4.69, 9.17) is 20.9 Å². The Morgan fingerprint density at radius 2 is 0.957 bits per heavy atom. The lowest BCUT2D eigenvalue weighted by molar-refractivity contribution is 0.373. The van der Waals surface area contributed by atoms with Gasteiger partial charge in [-0.15, -0.1) is 0 Å². The Morgan fingerprint density at radius 3 is 1.22 bits per heavy atom. The van der Waals surface area contributed by atoms with Crippen molar-refractivity contribution < 1.29 is 13.9 Å². The highest BCUT2D eigenvalue weighted by Gasteiger charge is 2.25. The lowest BCUT2D eigenvalue weighted by Crippen LogP contribution is -2.01. The van der Waals surface area contributed by atoms with Crippen LogP contribution in [0.4, 0.5) is 0 Å². The minimum absolute atomic E-state index is 0.364. The van der Waals surface area contributed by atoms with Gasteiger partial charge in [-0.2, -0.15) is 0 Å². The summed E-state index contributed by atoms with van der Waals surface area (Å²) in [5, 5.41) is 0. The summed E-state index contributed by atoms with van der Waals surface area (Å²) in [7, 11) is 0. The summed E-state index contributed by atoms with van der Waals surface area (Å²) in [4.78, 5) is 10.4. The zero-order chi connectivity index (χ0) is 17.4. The van der Waals surface area contributed by atoms with Crippen molar-refractivity contribution in [2.24, 2.45) is 0 Å². The Kier molecular flexibility index (Phi) is 7.68. The van der Waals surface area contributed by atoms with E-state index in [2.05, 4.69) is 95.6 Å². The summed E-state index contributed by atoms with van der Waals surface area (Å²) in [5.41, 5.74) is 0. The summed E-state index contributed by atoms with van der Waals surface area (Å²) in [6.45, 7) is -3.59. The van der Waals surface area contributed by atoms with Gasteiger partial charge in [-0.3, -0.25) is 0 Å². The van der Waals surface area contributed by atoms with Gasteiger partial charge in [0.1, 0.15) is 0 Å². The Morgan fingerprint density at radius 1 is 0.696 bits per heavy atom. The number of benzene rings is 2. The average molecular weight is 740 g/mol. The molecule has 124 valence electrons. The van der Waals surface area contributed by atoms with E-state index in [-0.39, 0.29) is 0 Å². The molecule has 0 amide bonds. The standard InChI is InChI=1S/C12H5Br6O3PS/c13-5-1-7(15)11(8(16)2-5)20-22(19,23)21-12-9(17)3-6(14)4-10(12)18/h1-4H,(H,19,23). The van der Waals surface area contributed by atoms with Crippen molar-refractivity contribution in [1.82, 2.24) is 0 Å². The van der Waals surface area contributed by atoms with Crippen LogP contribution < -0.4 is 9.05 Å². The normalized spacial score (nSPS) is 11.4. The zero-order valence-corrected chi connectivity index (χ0v) is 21.9. The van der Waals surface area contributed by atoms with Crippen molar-refractivity contribution in [1.29, 1.82) is 0 Å². The highest BCUT2D eigenvalue weighted by Crippen LogP contribution is 2.52. The minimum Gasteiger partial charge on any atom is -0.413 e. The molecule has 0 heterocycles. The maximum absolute atomic E-state index is 10.4. The second kappa shape index (κ2) is 8.48. The lowest BCUT2D eigenvalue weighted by Gasteiger charge is -2.20. The van der Waals surface area contributed by atoms with Crippen LogP contribution in [-0.2, 0) is 11.8 Å². The van der Waals surface area contributed by atoms with Gasteiger partial charge in [-0.05, 0) is 88.0 Å². The van der Waals surface area contributed by atoms with E-state index >= 15 is 0 Å². The molecular formula is C12H5Br6O3PS. The van der Waals surface area contributed by atoms with E-state index < -0.39 is 6.72 Å². The summed E-state index contributed by atoms with van der Waals surface area (Å²) in [6.07, 6.45) is 0. The van der Waals surface area contributed by atoms with E-state index in [0.717, 1.165) is 8.95 Å². The van der Waals surface area contributed by atoms with E-state index in [1.807, 2.05) is 0 Å². The zero-order valence-electron chi connectivity index (χ0n) is 10.7. The maximum atomic E-state index is 10.4. The third-order valence-corrected chi connectivity index (χ3v) is 6.89. The molecule has 11 heteroatoms. The van der Waals surface area contributed by atoms with Crippen molar-refractivity contribution in [2.45, 2.75) is 0 Å². The minimum atomic E-state index is -3.59. The van der Waals surface area contributed by atoms with E-state index in [0.29, 0.717) is 29.4 Å². The van der Waals surface area contributed by atoms with Gasteiger partial charge in [-0.1, -0.05) is 31.9 Å². The fourth-order valence-corrected chi connectivity index (χ4v) is 8.16. The molecule has 0 unspecified atom stereocenters. The largest absolute Gasteiger partial charge is 0.432 e. The van der Waals surface area contributed by atoms with Crippen LogP contribution in [0.25, 0.3) is 0 Å². The van der Waals surface area contributed by atoms with Crippen LogP contribution in [-0.4, -0.2) is 4.89 Å². The molecular weight excluding hydrogens is 735 g/mol. The van der Waals surface area contributed by atoms with Crippen molar-refractivity contribution in [3.63, 3.8) is 0 Å². The molecule has 0 aliphatic carbocycles. The first-order chi connectivity index (χ1) is 10.6. The molecule has 0 aliphatic rings. The molecule has 2 aromatic carbocycles. The van der Waals surface area contributed by atoms with Gasteiger partial charge >= 0.3 is 6.72 Å². The highest BCUT2D eigenvalue weighted by atomic mass is 79.9. The third kappa shape index (κ3) is 5.76. The SMILES string of the molecule is OP(=S)(Oc1c(Br)cc(Br)cc1Br)Oc1c(Br)cc(Br)cc1Br. The highest BCUT2D eigenvalue weighted by molar-refractivity contribution is 9.12. The van der Waals surface area contributed by atoms with Crippen molar-refractivity contribution in [3.8, 4) is 11.5 Å². The van der Waals surface area contributed by atoms with Crippen LogP contribution in [0.2, 0.25) is 0 Å². The molecule has 2 aromatic rings. The fourth-order valence-electron chi connectivity index (χ4n) is 1.48. The van der Waals surface area contributed by atoms with Crippen LogP contribution in [0.3, 0.4) is 0 Å². The molecule has 0 aromatic heterocycles. The van der Waals surface area contributed by atoms with Gasteiger partial charge < -0.3 is 13.9 Å². The maximum Gasteiger partial charge on any atom is 0.432 e. The Hall–Kier alpha value is 1.53. The van der Waals surface area contributed by atoms with Gasteiger partial charge in [0, 0.05) is 20.8 Å². The lowest BCUT2D eigenvalue weighted by atomic mass is 10.3. The molecule has 0 radical (unpaired) electrons. The van der Waals surface area contributed by atoms with E-state index in [9.17, 15) is 4.89 Å². The molecule has 3 nitrogen and oxygen atoms in total. The average Bonchev–Trinajstić information content (AvgIpc) is 2.38. The summed E-state index contributed by atoms with van der Waals surface area (Å²) >= 11 is 25.3. The van der Waals surface area contributed by atoms with Crippen molar-refractivity contribution >= 4 is 114 Å². The van der Waals surface area contributed by atoms with E-state index in [1.165, 1.54) is 0 Å². The van der Waals surface area contributed by atoms with Crippen LogP contribution in [0.1, 0.15) is 0 Å². The van der Waals surface area contributed by atoms with Gasteiger partial charge in [0.2, 0.25) is 0 Å². The van der Waals surface area contributed by atoms with Crippen molar-refractivity contribution in [2.75, 3.05) is 0 Å². The summed E-state index contributed by atoms with van der Waals surface area (Å²) < 4.78 is 15.3. The predicted octanol–water partition coefficient (Wildman–Crippen LogP) is 7.94. The first kappa shape index (κ1) is 20.8. The van der Waals surface area contributed by atoms with Gasteiger partial charge in [0.15, 0.2) is 11.5 Å². The molecule has 23 heavy (non-hydrogen) atoms. The molecule has 1 N–H and O–H groups in total. The number of hydrogen-bond donors (Lipinski definition) is 1. The molecule has 0 aliphatic heterocycles. The second-order valence-electron chi connectivity index (χ2n) is 4.05. The second-order valence-corrected chi connectivity index (χ2v) is 12.0. The van der Waals surface area contributed by atoms with E-state index in [1.54, 1.807) is 24.3 Å². The summed E-state index contributed by atoms with van der Waals surface area (Å²) in [5.74, 6) is 0.728. The first-order valence-corrected chi connectivity index (χ1v) is 12.9. The molecule has 0 saturated heterocycles. The first-order valence-electron chi connectivity index (χ1n) is 5.60. The molecule has 2 rings (SSSR count). The monoisotopic (exact) mass is 733 g/mol. The quantitative estimate of drug-likeness (QED) is 0.324. The third-order valence-electron chi connectivity index (χ3n) is 2.34. The number of rotatable bonds is 4. The van der Waals surface area contributed by atoms with Gasteiger partial charge in [0.25, 0.3) is 0 Å². The molecule has 0 spiro atoms.